The van der Waals surface area contributed by atoms with E-state index in [2.05, 4.69) is 31.9 Å². The van der Waals surface area contributed by atoms with Crippen LogP contribution in [0.15, 0.2) is 42.7 Å². The summed E-state index contributed by atoms with van der Waals surface area (Å²) < 4.78 is 0. The Labute approximate surface area is 131 Å². The van der Waals surface area contributed by atoms with E-state index in [9.17, 15) is 0 Å². The number of anilines is 1. The molecule has 2 aromatic rings. The Bertz CT molecular complexity index is 561. The largest absolute Gasteiger partial charge is 0.338 e. The molecule has 1 aromatic carbocycles. The number of piperazine rings is 1. The van der Waals surface area contributed by atoms with Gasteiger partial charge in [0, 0.05) is 44.1 Å². The molecule has 5 nitrogen and oxygen atoms in total. The van der Waals surface area contributed by atoms with Crippen molar-refractivity contribution in [3.63, 3.8) is 0 Å². The van der Waals surface area contributed by atoms with E-state index in [0.29, 0.717) is 0 Å². The molecule has 2 heterocycles. The van der Waals surface area contributed by atoms with Gasteiger partial charge < -0.3 is 10.6 Å². The zero-order chi connectivity index (χ0) is 15.2. The molecule has 116 valence electrons. The van der Waals surface area contributed by atoms with Gasteiger partial charge in [0.2, 0.25) is 5.95 Å². The summed E-state index contributed by atoms with van der Waals surface area (Å²) in [6.45, 7) is 5.94. The summed E-state index contributed by atoms with van der Waals surface area (Å²) in [5.41, 5.74) is 7.78. The second-order valence-electron chi connectivity index (χ2n) is 5.61. The normalized spacial score (nSPS) is 16.0. The van der Waals surface area contributed by atoms with E-state index >= 15 is 0 Å². The zero-order valence-electron chi connectivity index (χ0n) is 12.9. The molecule has 1 aliphatic rings. The summed E-state index contributed by atoms with van der Waals surface area (Å²) in [4.78, 5) is 13.8. The molecule has 0 unspecified atom stereocenters. The fourth-order valence-corrected chi connectivity index (χ4v) is 2.75. The fourth-order valence-electron chi connectivity index (χ4n) is 2.75. The molecule has 3 rings (SSSR count). The molecule has 0 spiro atoms. The number of hydrogen-bond acceptors (Lipinski definition) is 5. The number of benzene rings is 1. The van der Waals surface area contributed by atoms with Gasteiger partial charge in [-0.1, -0.05) is 30.3 Å². The Morgan fingerprint density at radius 1 is 0.909 bits per heavy atom. The van der Waals surface area contributed by atoms with Crippen LogP contribution < -0.4 is 10.6 Å². The number of aromatic nitrogens is 2. The van der Waals surface area contributed by atoms with Crippen LogP contribution in [0.3, 0.4) is 0 Å². The molecular weight excluding hydrogens is 274 g/mol. The molecule has 0 bridgehead atoms. The molecule has 2 N–H and O–H groups in total. The van der Waals surface area contributed by atoms with Gasteiger partial charge in [-0.3, -0.25) is 4.90 Å². The predicted molar refractivity (Wildman–Crippen MR) is 89.8 cm³/mol. The lowest BCUT2D eigenvalue weighted by atomic mass is 10.1. The highest BCUT2D eigenvalue weighted by Crippen LogP contribution is 2.19. The van der Waals surface area contributed by atoms with Crippen molar-refractivity contribution in [2.24, 2.45) is 5.73 Å². The minimum absolute atomic E-state index is 0.768. The van der Waals surface area contributed by atoms with Crippen LogP contribution in [0, 0.1) is 0 Å². The van der Waals surface area contributed by atoms with Gasteiger partial charge >= 0.3 is 0 Å². The molecule has 0 amide bonds. The maximum Gasteiger partial charge on any atom is 0.225 e. The minimum atomic E-state index is 0.768. The van der Waals surface area contributed by atoms with Crippen LogP contribution in [-0.2, 0) is 0 Å². The topological polar surface area (TPSA) is 58.3 Å². The highest BCUT2D eigenvalue weighted by atomic mass is 15.3. The third-order valence-corrected chi connectivity index (χ3v) is 4.08. The molecular formula is C17H23N5. The maximum atomic E-state index is 5.57. The van der Waals surface area contributed by atoms with Crippen molar-refractivity contribution in [2.45, 2.75) is 6.42 Å². The molecule has 0 radical (unpaired) electrons. The van der Waals surface area contributed by atoms with Crippen molar-refractivity contribution in [3.05, 3.63) is 42.7 Å². The molecule has 5 heteroatoms. The quantitative estimate of drug-likeness (QED) is 0.908. The summed E-state index contributed by atoms with van der Waals surface area (Å²) >= 11 is 0. The SMILES string of the molecule is NCCCN1CCN(c2ncc(-c3ccccc3)cn2)CC1. The zero-order valence-corrected chi connectivity index (χ0v) is 12.9. The van der Waals surface area contributed by atoms with Crippen molar-refractivity contribution in [2.75, 3.05) is 44.2 Å². The van der Waals surface area contributed by atoms with Gasteiger partial charge in [0.25, 0.3) is 0 Å². The summed E-state index contributed by atoms with van der Waals surface area (Å²) in [6.07, 6.45) is 4.90. The molecule has 0 atom stereocenters. The van der Waals surface area contributed by atoms with Crippen LogP contribution >= 0.6 is 0 Å². The third-order valence-electron chi connectivity index (χ3n) is 4.08. The van der Waals surface area contributed by atoms with E-state index in [1.807, 2.05) is 30.6 Å². The van der Waals surface area contributed by atoms with Gasteiger partial charge in [-0.05, 0) is 25.1 Å². The number of hydrogen-bond donors (Lipinski definition) is 1. The minimum Gasteiger partial charge on any atom is -0.338 e. The Balaban J connectivity index is 1.60. The van der Waals surface area contributed by atoms with Crippen LogP contribution in [-0.4, -0.2) is 54.1 Å². The summed E-state index contributed by atoms with van der Waals surface area (Å²) in [7, 11) is 0. The summed E-state index contributed by atoms with van der Waals surface area (Å²) in [6, 6.07) is 10.2. The van der Waals surface area contributed by atoms with E-state index in [1.54, 1.807) is 0 Å². The van der Waals surface area contributed by atoms with Crippen LogP contribution in [0.4, 0.5) is 5.95 Å². The van der Waals surface area contributed by atoms with Gasteiger partial charge in [-0.15, -0.1) is 0 Å². The second-order valence-corrected chi connectivity index (χ2v) is 5.61. The third kappa shape index (κ3) is 3.61. The first-order valence-electron chi connectivity index (χ1n) is 7.91. The molecule has 1 fully saturated rings. The van der Waals surface area contributed by atoms with Gasteiger partial charge in [0.15, 0.2) is 0 Å². The predicted octanol–water partition coefficient (Wildman–Crippen LogP) is 1.61. The van der Waals surface area contributed by atoms with Gasteiger partial charge in [0.05, 0.1) is 0 Å². The fraction of sp³-hybridized carbons (Fsp3) is 0.412. The summed E-state index contributed by atoms with van der Waals surface area (Å²) in [5.74, 6) is 0.832. The highest BCUT2D eigenvalue weighted by Gasteiger charge is 2.18. The van der Waals surface area contributed by atoms with E-state index in [4.69, 9.17) is 5.73 Å². The maximum absolute atomic E-state index is 5.57. The van der Waals surface area contributed by atoms with Crippen LogP contribution in [0.25, 0.3) is 11.1 Å². The Morgan fingerprint density at radius 3 is 2.23 bits per heavy atom. The number of rotatable bonds is 5. The van der Waals surface area contributed by atoms with Crippen molar-refractivity contribution in [3.8, 4) is 11.1 Å². The van der Waals surface area contributed by atoms with E-state index in [0.717, 1.165) is 62.8 Å². The van der Waals surface area contributed by atoms with E-state index in [1.165, 1.54) is 0 Å². The van der Waals surface area contributed by atoms with E-state index in [-0.39, 0.29) is 0 Å². The van der Waals surface area contributed by atoms with Crippen molar-refractivity contribution in [1.29, 1.82) is 0 Å². The molecule has 1 aromatic heterocycles. The number of nitrogens with two attached hydrogens (primary N) is 1. The first-order valence-corrected chi connectivity index (χ1v) is 7.91. The van der Waals surface area contributed by atoms with Gasteiger partial charge in [-0.2, -0.15) is 0 Å². The highest BCUT2D eigenvalue weighted by molar-refractivity contribution is 5.61. The smallest absolute Gasteiger partial charge is 0.225 e. The first-order chi connectivity index (χ1) is 10.9. The lowest BCUT2D eigenvalue weighted by Crippen LogP contribution is -2.47. The Kier molecular flexibility index (Phi) is 4.98. The molecule has 0 aliphatic carbocycles. The van der Waals surface area contributed by atoms with Gasteiger partial charge in [0.1, 0.15) is 0 Å². The standard InChI is InChI=1S/C17H23N5/c18-7-4-8-21-9-11-22(12-10-21)17-19-13-16(14-20-17)15-5-2-1-3-6-15/h1-3,5-6,13-14H,4,7-12,18H2. The Hall–Kier alpha value is -1.98. The monoisotopic (exact) mass is 297 g/mol. The van der Waals surface area contributed by atoms with Crippen molar-refractivity contribution < 1.29 is 0 Å². The second kappa shape index (κ2) is 7.33. The summed E-state index contributed by atoms with van der Waals surface area (Å²) in [5, 5.41) is 0. The lowest BCUT2D eigenvalue weighted by molar-refractivity contribution is 0.255. The molecule has 0 saturated carbocycles. The lowest BCUT2D eigenvalue weighted by Gasteiger charge is -2.34. The van der Waals surface area contributed by atoms with Crippen molar-refractivity contribution >= 4 is 5.95 Å². The number of nitrogens with zero attached hydrogens (tertiary/aromatic N) is 4. The van der Waals surface area contributed by atoms with Crippen LogP contribution in [0.5, 0.6) is 0 Å². The molecule has 1 aliphatic heterocycles. The average molecular weight is 297 g/mol. The van der Waals surface area contributed by atoms with Crippen LogP contribution in [0.1, 0.15) is 6.42 Å². The Morgan fingerprint density at radius 2 is 1.59 bits per heavy atom. The first kappa shape index (κ1) is 14.9. The van der Waals surface area contributed by atoms with Gasteiger partial charge in [-0.25, -0.2) is 9.97 Å². The van der Waals surface area contributed by atoms with Crippen molar-refractivity contribution in [1.82, 2.24) is 14.9 Å². The average Bonchev–Trinajstić information content (AvgIpc) is 2.61. The molecule has 22 heavy (non-hydrogen) atoms. The van der Waals surface area contributed by atoms with E-state index < -0.39 is 0 Å². The molecule has 1 saturated heterocycles. The van der Waals surface area contributed by atoms with Crippen LogP contribution in [0.2, 0.25) is 0 Å².